The summed E-state index contributed by atoms with van der Waals surface area (Å²) in [6.45, 7) is 7.42. The van der Waals surface area contributed by atoms with Crippen LogP contribution in [0, 0.1) is 6.92 Å². The van der Waals surface area contributed by atoms with Crippen LogP contribution in [0.3, 0.4) is 0 Å². The van der Waals surface area contributed by atoms with E-state index in [0.717, 1.165) is 37.6 Å². The Balaban J connectivity index is 2.19. The van der Waals surface area contributed by atoms with Crippen LogP contribution >= 0.6 is 0 Å². The first-order valence-corrected chi connectivity index (χ1v) is 5.58. The molecule has 1 aliphatic heterocycles. The van der Waals surface area contributed by atoms with Crippen LogP contribution in [-0.2, 0) is 0 Å². The van der Waals surface area contributed by atoms with Gasteiger partial charge in [0.15, 0.2) is 0 Å². The fraction of sp³-hybridized carbons (Fsp3) is 0.636. The van der Waals surface area contributed by atoms with Crippen molar-refractivity contribution in [3.8, 4) is 0 Å². The third-order valence-electron chi connectivity index (χ3n) is 2.79. The van der Waals surface area contributed by atoms with Crippen molar-refractivity contribution in [1.29, 1.82) is 0 Å². The molecule has 0 radical (unpaired) electrons. The fourth-order valence-corrected chi connectivity index (χ4v) is 1.88. The van der Waals surface area contributed by atoms with Gasteiger partial charge in [-0.15, -0.1) is 0 Å². The molecule has 0 aliphatic carbocycles. The number of nitrogens with zero attached hydrogens (tertiary/aromatic N) is 3. The number of nitrogens with one attached hydrogen (secondary N) is 1. The largest absolute Gasteiger partial charge is 0.350 e. The number of aryl methyl sites for hydroxylation is 1. The number of anilines is 1. The van der Waals surface area contributed by atoms with Gasteiger partial charge in [0.25, 0.3) is 0 Å². The zero-order valence-electron chi connectivity index (χ0n) is 9.40. The Bertz CT molecular complexity index is 322. The summed E-state index contributed by atoms with van der Waals surface area (Å²) in [7, 11) is 0. The average Bonchev–Trinajstić information content (AvgIpc) is 2.15. The summed E-state index contributed by atoms with van der Waals surface area (Å²) in [6.07, 6.45) is 4.67. The third-order valence-corrected chi connectivity index (χ3v) is 2.79. The highest BCUT2D eigenvalue weighted by molar-refractivity contribution is 5.44. The molecule has 82 valence electrons. The molecule has 1 N–H and O–H groups in total. The van der Waals surface area contributed by atoms with E-state index in [4.69, 9.17) is 0 Å². The average molecular weight is 206 g/mol. The molecule has 0 bridgehead atoms. The normalized spacial score (nSPS) is 16.1. The molecule has 4 heteroatoms. The molecule has 0 aromatic carbocycles. The second kappa shape index (κ2) is 4.57. The van der Waals surface area contributed by atoms with E-state index in [1.165, 1.54) is 0 Å². The van der Waals surface area contributed by atoms with E-state index in [1.807, 2.05) is 6.92 Å². The Kier molecular flexibility index (Phi) is 3.16. The zero-order valence-corrected chi connectivity index (χ0v) is 9.40. The smallest absolute Gasteiger partial charge is 0.150 e. The number of hydrogen-bond donors (Lipinski definition) is 1. The Morgan fingerprint density at radius 3 is 2.67 bits per heavy atom. The first-order valence-electron chi connectivity index (χ1n) is 5.58. The van der Waals surface area contributed by atoms with Crippen LogP contribution in [0.5, 0.6) is 0 Å². The quantitative estimate of drug-likeness (QED) is 0.797. The van der Waals surface area contributed by atoms with E-state index >= 15 is 0 Å². The first kappa shape index (κ1) is 10.4. The summed E-state index contributed by atoms with van der Waals surface area (Å²) in [4.78, 5) is 11.1. The van der Waals surface area contributed by atoms with Crippen LogP contribution in [0.1, 0.15) is 19.0 Å². The predicted octanol–water partition coefficient (Wildman–Crippen LogP) is 0.973. The van der Waals surface area contributed by atoms with Crippen molar-refractivity contribution in [2.45, 2.75) is 26.3 Å². The molecule has 1 aromatic heterocycles. The number of aromatic nitrogens is 2. The lowest BCUT2D eigenvalue weighted by molar-refractivity contribution is 0.409. The topological polar surface area (TPSA) is 41.1 Å². The van der Waals surface area contributed by atoms with Crippen LogP contribution in [0.25, 0.3) is 0 Å². The second-order valence-electron chi connectivity index (χ2n) is 3.97. The van der Waals surface area contributed by atoms with Crippen molar-refractivity contribution in [2.75, 3.05) is 24.5 Å². The molecule has 2 rings (SSSR count). The van der Waals surface area contributed by atoms with Crippen LogP contribution < -0.4 is 10.2 Å². The van der Waals surface area contributed by atoms with Gasteiger partial charge in [0, 0.05) is 32.0 Å². The summed E-state index contributed by atoms with van der Waals surface area (Å²) in [5.41, 5.74) is 1.03. The van der Waals surface area contributed by atoms with Crippen LogP contribution in [0.4, 0.5) is 5.82 Å². The summed E-state index contributed by atoms with van der Waals surface area (Å²) in [6, 6.07) is 0.598. The molecule has 1 saturated heterocycles. The maximum Gasteiger partial charge on any atom is 0.150 e. The van der Waals surface area contributed by atoms with Crippen molar-refractivity contribution < 1.29 is 0 Å². The van der Waals surface area contributed by atoms with Gasteiger partial charge in [-0.3, -0.25) is 4.98 Å². The maximum atomic E-state index is 4.44. The van der Waals surface area contributed by atoms with E-state index in [0.29, 0.717) is 6.04 Å². The van der Waals surface area contributed by atoms with E-state index in [2.05, 4.69) is 27.1 Å². The Hall–Kier alpha value is -1.16. The number of rotatable bonds is 4. The minimum atomic E-state index is 0.598. The van der Waals surface area contributed by atoms with Crippen LogP contribution in [0.15, 0.2) is 12.4 Å². The molecule has 15 heavy (non-hydrogen) atoms. The van der Waals surface area contributed by atoms with Crippen molar-refractivity contribution in [1.82, 2.24) is 15.3 Å². The molecule has 0 unspecified atom stereocenters. The lowest BCUT2D eigenvalue weighted by Gasteiger charge is -2.39. The molecule has 1 aliphatic rings. The minimum absolute atomic E-state index is 0.598. The molecule has 0 saturated carbocycles. The molecule has 0 atom stereocenters. The molecule has 2 heterocycles. The van der Waals surface area contributed by atoms with Gasteiger partial charge in [0.1, 0.15) is 5.82 Å². The van der Waals surface area contributed by atoms with Gasteiger partial charge in [0.05, 0.1) is 11.7 Å². The Labute approximate surface area is 90.7 Å². The lowest BCUT2D eigenvalue weighted by atomic mass is 10.1. The first-order chi connectivity index (χ1) is 7.33. The monoisotopic (exact) mass is 206 g/mol. The molecule has 0 amide bonds. The number of hydrogen-bond acceptors (Lipinski definition) is 4. The lowest BCUT2D eigenvalue weighted by Crippen LogP contribution is -2.58. The van der Waals surface area contributed by atoms with Gasteiger partial charge in [0.2, 0.25) is 0 Å². The van der Waals surface area contributed by atoms with Crippen molar-refractivity contribution in [3.05, 3.63) is 18.1 Å². The van der Waals surface area contributed by atoms with Crippen LogP contribution in [-0.4, -0.2) is 35.6 Å². The van der Waals surface area contributed by atoms with Crippen molar-refractivity contribution >= 4 is 5.82 Å². The predicted molar refractivity (Wildman–Crippen MR) is 61.1 cm³/mol. The standard InChI is InChI=1S/C11H18N4/c1-3-6-15(10-7-12-8-10)11-9(2)13-4-5-14-11/h4-5,10,12H,3,6-8H2,1-2H3. The van der Waals surface area contributed by atoms with Crippen LogP contribution in [0.2, 0.25) is 0 Å². The van der Waals surface area contributed by atoms with E-state index in [1.54, 1.807) is 12.4 Å². The van der Waals surface area contributed by atoms with Gasteiger partial charge >= 0.3 is 0 Å². The third kappa shape index (κ3) is 2.09. The van der Waals surface area contributed by atoms with Gasteiger partial charge in [-0.2, -0.15) is 0 Å². The summed E-state index contributed by atoms with van der Waals surface area (Å²) in [5, 5.41) is 3.30. The summed E-state index contributed by atoms with van der Waals surface area (Å²) >= 11 is 0. The van der Waals surface area contributed by atoms with E-state index in [9.17, 15) is 0 Å². The Morgan fingerprint density at radius 1 is 1.40 bits per heavy atom. The summed E-state index contributed by atoms with van der Waals surface area (Å²) in [5.74, 6) is 1.05. The molecule has 1 aromatic rings. The second-order valence-corrected chi connectivity index (χ2v) is 3.97. The highest BCUT2D eigenvalue weighted by Crippen LogP contribution is 2.18. The molecular formula is C11H18N4. The zero-order chi connectivity index (χ0) is 10.7. The maximum absolute atomic E-state index is 4.44. The van der Waals surface area contributed by atoms with Gasteiger partial charge in [-0.25, -0.2) is 4.98 Å². The van der Waals surface area contributed by atoms with Gasteiger partial charge in [-0.1, -0.05) is 6.92 Å². The molecule has 4 nitrogen and oxygen atoms in total. The fourth-order valence-electron chi connectivity index (χ4n) is 1.88. The molecule has 1 fully saturated rings. The summed E-state index contributed by atoms with van der Waals surface area (Å²) < 4.78 is 0. The van der Waals surface area contributed by atoms with Gasteiger partial charge in [-0.05, 0) is 13.3 Å². The SMILES string of the molecule is CCCN(c1nccnc1C)C1CNC1. The van der Waals surface area contributed by atoms with Crippen molar-refractivity contribution in [3.63, 3.8) is 0 Å². The molecule has 0 spiro atoms. The Morgan fingerprint density at radius 2 is 2.13 bits per heavy atom. The highest BCUT2D eigenvalue weighted by Gasteiger charge is 2.25. The molecular weight excluding hydrogens is 188 g/mol. The van der Waals surface area contributed by atoms with E-state index < -0.39 is 0 Å². The van der Waals surface area contributed by atoms with Gasteiger partial charge < -0.3 is 10.2 Å². The van der Waals surface area contributed by atoms with Crippen molar-refractivity contribution in [2.24, 2.45) is 0 Å². The highest BCUT2D eigenvalue weighted by atomic mass is 15.3. The minimum Gasteiger partial charge on any atom is -0.350 e. The van der Waals surface area contributed by atoms with E-state index in [-0.39, 0.29) is 0 Å².